The van der Waals surface area contributed by atoms with Crippen molar-refractivity contribution in [1.29, 1.82) is 0 Å². The van der Waals surface area contributed by atoms with E-state index in [2.05, 4.69) is 20.2 Å². The average molecular weight is 323 g/mol. The van der Waals surface area contributed by atoms with Crippen molar-refractivity contribution < 1.29 is 0 Å². The first kappa shape index (κ1) is 15.2. The fourth-order valence-electron chi connectivity index (χ4n) is 2.16. The molecule has 0 spiro atoms. The zero-order valence-corrected chi connectivity index (χ0v) is 13.8. The zero-order valence-electron chi connectivity index (χ0n) is 13.0. The summed E-state index contributed by atoms with van der Waals surface area (Å²) in [5.41, 5.74) is 3.08. The first-order valence-corrected chi connectivity index (χ1v) is 7.60. The molecule has 0 radical (unpaired) electrons. The molecule has 0 atom stereocenters. The maximum atomic E-state index is 5.28. The van der Waals surface area contributed by atoms with Crippen LogP contribution in [0, 0.1) is 4.77 Å². The molecule has 0 bridgehead atoms. The normalized spacial score (nSPS) is 11.0. The van der Waals surface area contributed by atoms with E-state index in [1.807, 2.05) is 68.7 Å². The lowest BCUT2D eigenvalue weighted by molar-refractivity contribution is 0.871. The molecule has 0 aliphatic rings. The molecule has 0 saturated carbocycles. The Morgan fingerprint density at radius 2 is 1.78 bits per heavy atom. The van der Waals surface area contributed by atoms with Crippen LogP contribution in [-0.2, 0) is 0 Å². The van der Waals surface area contributed by atoms with Gasteiger partial charge in [0.25, 0.3) is 0 Å². The molecule has 5 nitrogen and oxygen atoms in total. The Morgan fingerprint density at radius 1 is 1.09 bits per heavy atom. The summed E-state index contributed by atoms with van der Waals surface area (Å²) >= 11 is 5.28. The topological polar surface area (TPSA) is 49.2 Å². The van der Waals surface area contributed by atoms with Gasteiger partial charge in [-0.2, -0.15) is 14.9 Å². The van der Waals surface area contributed by atoms with Crippen LogP contribution in [0.4, 0.5) is 5.69 Å². The molecule has 0 aliphatic carbocycles. The van der Waals surface area contributed by atoms with Crippen molar-refractivity contribution >= 4 is 24.1 Å². The van der Waals surface area contributed by atoms with Crippen molar-refractivity contribution in [3.05, 3.63) is 64.9 Å². The van der Waals surface area contributed by atoms with Crippen molar-refractivity contribution in [2.45, 2.75) is 0 Å². The second-order valence-corrected chi connectivity index (χ2v) is 5.65. The van der Waals surface area contributed by atoms with E-state index in [1.165, 1.54) is 0 Å². The predicted molar refractivity (Wildman–Crippen MR) is 96.6 cm³/mol. The Morgan fingerprint density at radius 3 is 2.43 bits per heavy atom. The second-order valence-electron chi connectivity index (χ2n) is 5.26. The van der Waals surface area contributed by atoms with E-state index >= 15 is 0 Å². The molecule has 0 unspecified atom stereocenters. The molecule has 3 aromatic rings. The first-order chi connectivity index (χ1) is 11.1. The number of hydrogen-bond acceptors (Lipinski definition) is 4. The Bertz CT molecular complexity index is 860. The number of H-pyrrole nitrogens is 1. The van der Waals surface area contributed by atoms with Crippen molar-refractivity contribution in [1.82, 2.24) is 14.9 Å². The van der Waals surface area contributed by atoms with Gasteiger partial charge in [-0.15, -0.1) is 0 Å². The third-order valence-corrected chi connectivity index (χ3v) is 3.68. The molecule has 0 amide bonds. The van der Waals surface area contributed by atoms with Crippen LogP contribution in [0.25, 0.3) is 11.4 Å². The molecule has 0 fully saturated rings. The molecule has 3 rings (SSSR count). The SMILES string of the molecule is CN(C)c1ccc(-c2n[nH]c(=S)n2N=Cc2ccccc2)cc1. The van der Waals surface area contributed by atoms with Gasteiger partial charge in [-0.05, 0) is 42.0 Å². The summed E-state index contributed by atoms with van der Waals surface area (Å²) in [6.07, 6.45) is 1.77. The number of nitrogens with zero attached hydrogens (tertiary/aromatic N) is 4. The summed E-state index contributed by atoms with van der Waals surface area (Å²) in [4.78, 5) is 2.05. The number of aromatic amines is 1. The molecule has 0 saturated heterocycles. The standard InChI is InChI=1S/C17H17N5S/c1-21(2)15-10-8-14(9-11-15)16-19-20-17(23)22(16)18-12-13-6-4-3-5-7-13/h3-12H,1-2H3,(H,20,23). The van der Waals surface area contributed by atoms with Crippen LogP contribution in [0.3, 0.4) is 0 Å². The molecule has 116 valence electrons. The first-order valence-electron chi connectivity index (χ1n) is 7.20. The van der Waals surface area contributed by atoms with E-state index in [0.29, 0.717) is 10.6 Å². The van der Waals surface area contributed by atoms with Crippen LogP contribution in [0.5, 0.6) is 0 Å². The van der Waals surface area contributed by atoms with E-state index in [4.69, 9.17) is 12.2 Å². The third kappa shape index (κ3) is 3.37. The lowest BCUT2D eigenvalue weighted by Crippen LogP contribution is -2.08. The van der Waals surface area contributed by atoms with Gasteiger partial charge in [-0.3, -0.25) is 0 Å². The van der Waals surface area contributed by atoms with Crippen LogP contribution in [0.1, 0.15) is 5.56 Å². The maximum Gasteiger partial charge on any atom is 0.216 e. The van der Waals surface area contributed by atoms with Gasteiger partial charge in [0.15, 0.2) is 5.82 Å². The van der Waals surface area contributed by atoms with Gasteiger partial charge in [-0.25, -0.2) is 5.10 Å². The minimum Gasteiger partial charge on any atom is -0.378 e. The lowest BCUT2D eigenvalue weighted by Gasteiger charge is -2.12. The molecule has 23 heavy (non-hydrogen) atoms. The lowest BCUT2D eigenvalue weighted by atomic mass is 10.2. The summed E-state index contributed by atoms with van der Waals surface area (Å²) in [5, 5.41) is 11.5. The number of aromatic nitrogens is 3. The Kier molecular flexibility index (Phi) is 4.34. The Balaban J connectivity index is 1.95. The summed E-state index contributed by atoms with van der Waals surface area (Å²) in [6.45, 7) is 0. The highest BCUT2D eigenvalue weighted by molar-refractivity contribution is 7.71. The van der Waals surface area contributed by atoms with Crippen LogP contribution in [0.15, 0.2) is 59.7 Å². The molecular weight excluding hydrogens is 306 g/mol. The van der Waals surface area contributed by atoms with Gasteiger partial charge in [0, 0.05) is 25.3 Å². The fraction of sp³-hybridized carbons (Fsp3) is 0.118. The average Bonchev–Trinajstić information content (AvgIpc) is 2.95. The summed E-state index contributed by atoms with van der Waals surface area (Å²) in [5.74, 6) is 0.687. The number of hydrogen-bond donors (Lipinski definition) is 1. The van der Waals surface area contributed by atoms with Crippen LogP contribution >= 0.6 is 12.2 Å². The number of anilines is 1. The van der Waals surface area contributed by atoms with E-state index < -0.39 is 0 Å². The van der Waals surface area contributed by atoms with Crippen molar-refractivity contribution in [2.75, 3.05) is 19.0 Å². The van der Waals surface area contributed by atoms with E-state index in [9.17, 15) is 0 Å². The highest BCUT2D eigenvalue weighted by Crippen LogP contribution is 2.21. The van der Waals surface area contributed by atoms with Gasteiger partial charge < -0.3 is 4.90 Å². The highest BCUT2D eigenvalue weighted by atomic mass is 32.1. The molecular formula is C17H17N5S. The number of benzene rings is 2. The van der Waals surface area contributed by atoms with Crippen LogP contribution < -0.4 is 4.90 Å². The molecule has 6 heteroatoms. The minimum atomic E-state index is 0.462. The molecule has 2 aromatic carbocycles. The highest BCUT2D eigenvalue weighted by Gasteiger charge is 2.08. The van der Waals surface area contributed by atoms with Crippen molar-refractivity contribution in [2.24, 2.45) is 5.10 Å². The number of nitrogens with one attached hydrogen (secondary N) is 1. The monoisotopic (exact) mass is 323 g/mol. The summed E-state index contributed by atoms with van der Waals surface area (Å²) in [7, 11) is 4.02. The van der Waals surface area contributed by atoms with Crippen molar-refractivity contribution in [3.63, 3.8) is 0 Å². The van der Waals surface area contributed by atoms with E-state index in [-0.39, 0.29) is 0 Å². The molecule has 1 heterocycles. The summed E-state index contributed by atoms with van der Waals surface area (Å²) < 4.78 is 2.09. The van der Waals surface area contributed by atoms with Gasteiger partial charge in [0.05, 0.1) is 6.21 Å². The Labute approximate surface area is 139 Å². The van der Waals surface area contributed by atoms with Gasteiger partial charge in [0.2, 0.25) is 4.77 Å². The van der Waals surface area contributed by atoms with Crippen LogP contribution in [0.2, 0.25) is 0 Å². The molecule has 1 N–H and O–H groups in total. The Hall–Kier alpha value is -2.73. The van der Waals surface area contributed by atoms with E-state index in [0.717, 1.165) is 16.8 Å². The molecule has 0 aliphatic heterocycles. The quantitative estimate of drug-likeness (QED) is 0.590. The van der Waals surface area contributed by atoms with Gasteiger partial charge in [-0.1, -0.05) is 30.3 Å². The number of rotatable bonds is 4. The van der Waals surface area contributed by atoms with Gasteiger partial charge in [0.1, 0.15) is 0 Å². The van der Waals surface area contributed by atoms with Gasteiger partial charge >= 0.3 is 0 Å². The second kappa shape index (κ2) is 6.58. The fourth-order valence-corrected chi connectivity index (χ4v) is 2.34. The van der Waals surface area contributed by atoms with E-state index in [1.54, 1.807) is 10.9 Å². The largest absolute Gasteiger partial charge is 0.378 e. The summed E-state index contributed by atoms with van der Waals surface area (Å²) in [6, 6.07) is 18.0. The third-order valence-electron chi connectivity index (χ3n) is 3.41. The maximum absolute atomic E-state index is 5.28. The smallest absolute Gasteiger partial charge is 0.216 e. The molecule has 1 aromatic heterocycles. The van der Waals surface area contributed by atoms with Crippen LogP contribution in [-0.4, -0.2) is 35.2 Å². The zero-order chi connectivity index (χ0) is 16.2. The minimum absolute atomic E-state index is 0.462. The predicted octanol–water partition coefficient (Wildman–Crippen LogP) is 3.56. The van der Waals surface area contributed by atoms with Crippen molar-refractivity contribution in [3.8, 4) is 11.4 Å².